The van der Waals surface area contributed by atoms with Gasteiger partial charge in [0, 0.05) is 24.2 Å². The summed E-state index contributed by atoms with van der Waals surface area (Å²) in [5.74, 6) is 3.02. The second-order valence-electron chi connectivity index (χ2n) is 4.50. The highest BCUT2D eigenvalue weighted by atomic mass is 32.2. The second-order valence-corrected chi connectivity index (χ2v) is 5.49. The van der Waals surface area contributed by atoms with E-state index in [1.54, 1.807) is 0 Å². The molecule has 0 atom stereocenters. The number of pyridine rings is 1. The number of thioether (sulfide) groups is 1. The van der Waals surface area contributed by atoms with Crippen LogP contribution >= 0.6 is 11.8 Å². The first kappa shape index (κ1) is 13.9. The van der Waals surface area contributed by atoms with Crippen LogP contribution in [0.3, 0.4) is 0 Å². The number of aryl methyl sites for hydroxylation is 1. The van der Waals surface area contributed by atoms with Gasteiger partial charge in [-0.1, -0.05) is 30.3 Å². The third-order valence-corrected chi connectivity index (χ3v) is 4.02. The van der Waals surface area contributed by atoms with Gasteiger partial charge < -0.3 is 5.32 Å². The van der Waals surface area contributed by atoms with Crippen molar-refractivity contribution in [3.63, 3.8) is 0 Å². The molecule has 2 nitrogen and oxygen atoms in total. The van der Waals surface area contributed by atoms with Crippen LogP contribution in [0, 0.1) is 6.92 Å². The molecule has 19 heavy (non-hydrogen) atoms. The molecule has 100 valence electrons. The molecule has 0 aliphatic carbocycles. The Morgan fingerprint density at radius 2 is 1.95 bits per heavy atom. The summed E-state index contributed by atoms with van der Waals surface area (Å²) in [6.45, 7) is 5.16. The summed E-state index contributed by atoms with van der Waals surface area (Å²) in [5.41, 5.74) is 4.07. The van der Waals surface area contributed by atoms with E-state index in [-0.39, 0.29) is 0 Å². The molecule has 0 saturated carbocycles. The lowest BCUT2D eigenvalue weighted by Crippen LogP contribution is -1.98. The maximum atomic E-state index is 4.39. The Balaban J connectivity index is 1.84. The fourth-order valence-electron chi connectivity index (χ4n) is 1.85. The molecule has 2 aromatic rings. The molecule has 3 heteroatoms. The lowest BCUT2D eigenvalue weighted by atomic mass is 10.1. The fraction of sp³-hybridized carbons (Fsp3) is 0.312. The quantitative estimate of drug-likeness (QED) is 0.850. The van der Waals surface area contributed by atoms with E-state index in [1.165, 1.54) is 16.7 Å². The zero-order chi connectivity index (χ0) is 13.5. The second kappa shape index (κ2) is 7.19. The van der Waals surface area contributed by atoms with Gasteiger partial charge in [-0.15, -0.1) is 0 Å². The van der Waals surface area contributed by atoms with Gasteiger partial charge in [-0.3, -0.25) is 0 Å². The molecule has 0 aliphatic heterocycles. The Labute approximate surface area is 119 Å². The van der Waals surface area contributed by atoms with Crippen molar-refractivity contribution in [1.82, 2.24) is 4.98 Å². The van der Waals surface area contributed by atoms with Crippen LogP contribution in [-0.4, -0.2) is 11.5 Å². The minimum Gasteiger partial charge on any atom is -0.370 e. The van der Waals surface area contributed by atoms with E-state index in [0.29, 0.717) is 0 Å². The average molecular weight is 272 g/mol. The van der Waals surface area contributed by atoms with Crippen molar-refractivity contribution in [3.8, 4) is 0 Å². The van der Waals surface area contributed by atoms with Crippen molar-refractivity contribution < 1.29 is 0 Å². The van der Waals surface area contributed by atoms with Crippen LogP contribution in [0.25, 0.3) is 0 Å². The van der Waals surface area contributed by atoms with E-state index < -0.39 is 0 Å². The van der Waals surface area contributed by atoms with Crippen molar-refractivity contribution in [2.24, 2.45) is 0 Å². The molecule has 0 spiro atoms. The summed E-state index contributed by atoms with van der Waals surface area (Å²) in [5, 5.41) is 3.21. The molecule has 0 saturated heterocycles. The summed E-state index contributed by atoms with van der Waals surface area (Å²) in [4.78, 5) is 4.39. The van der Waals surface area contributed by atoms with Crippen LogP contribution in [0.5, 0.6) is 0 Å². The zero-order valence-electron chi connectivity index (χ0n) is 11.5. The average Bonchev–Trinajstić information content (AvgIpc) is 2.43. The lowest BCUT2D eigenvalue weighted by Gasteiger charge is -2.06. The largest absolute Gasteiger partial charge is 0.370 e. The number of benzene rings is 1. The minimum absolute atomic E-state index is 0.911. The third-order valence-electron chi connectivity index (χ3n) is 2.97. The normalized spacial score (nSPS) is 10.4. The number of hydrogen-bond acceptors (Lipinski definition) is 3. The van der Waals surface area contributed by atoms with Gasteiger partial charge in [-0.05, 0) is 36.6 Å². The third kappa shape index (κ3) is 4.28. The Morgan fingerprint density at radius 1 is 1.11 bits per heavy atom. The van der Waals surface area contributed by atoms with E-state index in [9.17, 15) is 0 Å². The van der Waals surface area contributed by atoms with Gasteiger partial charge in [0.15, 0.2) is 0 Å². The molecule has 0 amide bonds. The molecule has 2 rings (SSSR count). The molecule has 0 aliphatic rings. The maximum absolute atomic E-state index is 4.39. The predicted molar refractivity (Wildman–Crippen MR) is 84.6 cm³/mol. The van der Waals surface area contributed by atoms with Crippen LogP contribution in [-0.2, 0) is 11.5 Å². The summed E-state index contributed by atoms with van der Waals surface area (Å²) in [6, 6.07) is 12.8. The molecule has 1 aromatic heterocycles. The van der Waals surface area contributed by atoms with Crippen LogP contribution in [0.1, 0.15) is 23.6 Å². The molecule has 0 unspecified atom stereocenters. The SMILES string of the molecule is CCNc1ccc(CSCc2ccccc2C)cn1. The highest BCUT2D eigenvalue weighted by Gasteiger charge is 1.99. The molecule has 0 radical (unpaired) electrons. The molecule has 1 aromatic carbocycles. The van der Waals surface area contributed by atoms with Crippen LogP contribution in [0.2, 0.25) is 0 Å². The van der Waals surface area contributed by atoms with Gasteiger partial charge in [-0.2, -0.15) is 11.8 Å². The van der Waals surface area contributed by atoms with Crippen LogP contribution < -0.4 is 5.32 Å². The van der Waals surface area contributed by atoms with Crippen molar-refractivity contribution in [1.29, 1.82) is 0 Å². The topological polar surface area (TPSA) is 24.9 Å². The molecule has 1 N–H and O–H groups in total. The number of anilines is 1. The fourth-order valence-corrected chi connectivity index (χ4v) is 2.90. The zero-order valence-corrected chi connectivity index (χ0v) is 12.3. The smallest absolute Gasteiger partial charge is 0.125 e. The first-order chi connectivity index (χ1) is 9.29. The standard InChI is InChI=1S/C16H20N2S/c1-3-17-16-9-8-14(10-18-16)11-19-12-15-7-5-4-6-13(15)2/h4-10H,3,11-12H2,1-2H3,(H,17,18). The monoisotopic (exact) mass is 272 g/mol. The van der Waals surface area contributed by atoms with Gasteiger partial charge in [0.25, 0.3) is 0 Å². The number of nitrogens with one attached hydrogen (secondary N) is 1. The van der Waals surface area contributed by atoms with Gasteiger partial charge in [0.05, 0.1) is 0 Å². The van der Waals surface area contributed by atoms with Crippen molar-refractivity contribution in [3.05, 3.63) is 59.3 Å². The van der Waals surface area contributed by atoms with E-state index in [0.717, 1.165) is 23.9 Å². The Kier molecular flexibility index (Phi) is 5.28. The van der Waals surface area contributed by atoms with Gasteiger partial charge in [0.2, 0.25) is 0 Å². The Morgan fingerprint density at radius 3 is 2.63 bits per heavy atom. The van der Waals surface area contributed by atoms with Crippen LogP contribution in [0.4, 0.5) is 5.82 Å². The Hall–Kier alpha value is -1.48. The summed E-state index contributed by atoms with van der Waals surface area (Å²) >= 11 is 1.93. The number of rotatable bonds is 6. The molecule has 0 bridgehead atoms. The van der Waals surface area contributed by atoms with Gasteiger partial charge in [-0.25, -0.2) is 4.98 Å². The Bertz CT molecular complexity index is 508. The number of hydrogen-bond donors (Lipinski definition) is 1. The van der Waals surface area contributed by atoms with Gasteiger partial charge in [0.1, 0.15) is 5.82 Å². The lowest BCUT2D eigenvalue weighted by molar-refractivity contribution is 1.14. The minimum atomic E-state index is 0.911. The number of nitrogens with zero attached hydrogens (tertiary/aromatic N) is 1. The number of aromatic nitrogens is 1. The van der Waals surface area contributed by atoms with Crippen molar-refractivity contribution in [2.45, 2.75) is 25.4 Å². The van der Waals surface area contributed by atoms with Crippen molar-refractivity contribution in [2.75, 3.05) is 11.9 Å². The van der Waals surface area contributed by atoms with E-state index >= 15 is 0 Å². The first-order valence-corrected chi connectivity index (χ1v) is 7.76. The van der Waals surface area contributed by atoms with Crippen molar-refractivity contribution >= 4 is 17.6 Å². The molecular formula is C16H20N2S. The highest BCUT2D eigenvalue weighted by molar-refractivity contribution is 7.97. The molecule has 1 heterocycles. The van der Waals surface area contributed by atoms with E-state index in [1.807, 2.05) is 24.0 Å². The summed E-state index contributed by atoms with van der Waals surface area (Å²) < 4.78 is 0. The van der Waals surface area contributed by atoms with E-state index in [4.69, 9.17) is 0 Å². The summed E-state index contributed by atoms with van der Waals surface area (Å²) in [6.07, 6.45) is 1.96. The van der Waals surface area contributed by atoms with Crippen LogP contribution in [0.15, 0.2) is 42.6 Å². The van der Waals surface area contributed by atoms with E-state index in [2.05, 4.69) is 54.5 Å². The predicted octanol–water partition coefficient (Wildman–Crippen LogP) is 4.26. The van der Waals surface area contributed by atoms with Gasteiger partial charge >= 0.3 is 0 Å². The highest BCUT2D eigenvalue weighted by Crippen LogP contribution is 2.20. The molecule has 0 fully saturated rings. The summed E-state index contributed by atoms with van der Waals surface area (Å²) in [7, 11) is 0. The first-order valence-electron chi connectivity index (χ1n) is 6.60. The maximum Gasteiger partial charge on any atom is 0.125 e. The molecular weight excluding hydrogens is 252 g/mol.